The van der Waals surface area contributed by atoms with Gasteiger partial charge in [0.1, 0.15) is 6.33 Å². The normalized spacial score (nSPS) is 11.0. The second kappa shape index (κ2) is 6.45. The smallest absolute Gasteiger partial charge is 0.283 e. The fourth-order valence-electron chi connectivity index (χ4n) is 2.81. The number of aromatic nitrogens is 5. The number of fused-ring (bicyclic) bond motifs is 1. The number of hydrogen-bond donors (Lipinski definition) is 0. The molecule has 0 spiro atoms. The lowest BCUT2D eigenvalue weighted by atomic mass is 10.2. The van der Waals surface area contributed by atoms with Crippen LogP contribution in [0.25, 0.3) is 16.9 Å². The lowest BCUT2D eigenvalue weighted by Crippen LogP contribution is -2.21. The van der Waals surface area contributed by atoms with Gasteiger partial charge < -0.3 is 0 Å². The van der Waals surface area contributed by atoms with Crippen LogP contribution in [0.5, 0.6) is 0 Å². The number of rotatable bonds is 4. The molecule has 0 aliphatic heterocycles. The minimum Gasteiger partial charge on any atom is -0.293 e. The standard InChI is InChI=1S/C18H14N6O3/c1-12-3-2-4-15(9-12)23-17-16(20-21-23)18(25)22(11-19-17)10-13-5-7-14(8-6-13)24(26)27/h2-9,11H,10H2,1H3. The molecule has 0 bridgehead atoms. The van der Waals surface area contributed by atoms with E-state index in [0.717, 1.165) is 16.8 Å². The molecule has 9 heteroatoms. The largest absolute Gasteiger partial charge is 0.293 e. The van der Waals surface area contributed by atoms with Gasteiger partial charge in [-0.2, -0.15) is 4.68 Å². The minimum absolute atomic E-state index is 0.000714. The third kappa shape index (κ3) is 3.06. The summed E-state index contributed by atoms with van der Waals surface area (Å²) in [5.41, 5.74) is 2.81. The number of nitrogens with zero attached hydrogens (tertiary/aromatic N) is 6. The van der Waals surface area contributed by atoms with Gasteiger partial charge in [0.2, 0.25) is 0 Å². The summed E-state index contributed by atoms with van der Waals surface area (Å²) < 4.78 is 2.93. The molecule has 0 aliphatic rings. The van der Waals surface area contributed by atoms with E-state index in [4.69, 9.17) is 0 Å². The van der Waals surface area contributed by atoms with Crippen molar-refractivity contribution in [2.75, 3.05) is 0 Å². The summed E-state index contributed by atoms with van der Waals surface area (Å²) in [6, 6.07) is 13.7. The second-order valence-corrected chi connectivity index (χ2v) is 6.11. The highest BCUT2D eigenvalue weighted by molar-refractivity contribution is 5.70. The van der Waals surface area contributed by atoms with Crippen LogP contribution in [0, 0.1) is 17.0 Å². The van der Waals surface area contributed by atoms with Gasteiger partial charge in [-0.05, 0) is 30.2 Å². The van der Waals surface area contributed by atoms with E-state index in [1.165, 1.54) is 27.7 Å². The molecule has 27 heavy (non-hydrogen) atoms. The van der Waals surface area contributed by atoms with Crippen molar-refractivity contribution >= 4 is 16.9 Å². The van der Waals surface area contributed by atoms with Gasteiger partial charge in [0.05, 0.1) is 17.2 Å². The van der Waals surface area contributed by atoms with Gasteiger partial charge in [0, 0.05) is 12.1 Å². The van der Waals surface area contributed by atoms with Crippen LogP contribution in [0.15, 0.2) is 59.7 Å². The van der Waals surface area contributed by atoms with Crippen molar-refractivity contribution in [1.29, 1.82) is 0 Å². The van der Waals surface area contributed by atoms with Gasteiger partial charge in [-0.3, -0.25) is 19.5 Å². The van der Waals surface area contributed by atoms with Crippen LogP contribution in [-0.4, -0.2) is 29.5 Å². The van der Waals surface area contributed by atoms with E-state index in [2.05, 4.69) is 15.3 Å². The molecule has 0 N–H and O–H groups in total. The van der Waals surface area contributed by atoms with Crippen LogP contribution in [-0.2, 0) is 6.54 Å². The number of aryl methyl sites for hydroxylation is 1. The number of non-ortho nitro benzene ring substituents is 1. The Morgan fingerprint density at radius 2 is 1.93 bits per heavy atom. The Morgan fingerprint density at radius 3 is 2.63 bits per heavy atom. The van der Waals surface area contributed by atoms with Gasteiger partial charge in [0.15, 0.2) is 11.2 Å². The lowest BCUT2D eigenvalue weighted by Gasteiger charge is -2.06. The van der Waals surface area contributed by atoms with Crippen molar-refractivity contribution in [1.82, 2.24) is 24.5 Å². The Kier molecular flexibility index (Phi) is 3.96. The molecule has 0 amide bonds. The molecule has 2 heterocycles. The monoisotopic (exact) mass is 362 g/mol. The quantitative estimate of drug-likeness (QED) is 0.407. The van der Waals surface area contributed by atoms with Crippen LogP contribution < -0.4 is 5.56 Å². The summed E-state index contributed by atoms with van der Waals surface area (Å²) in [6.45, 7) is 2.20. The third-order valence-corrected chi connectivity index (χ3v) is 4.18. The Bertz CT molecular complexity index is 1210. The SMILES string of the molecule is Cc1cccc(-n2nnc3c(=O)n(Cc4ccc([N+](=O)[O-])cc4)cnc32)c1. The zero-order valence-electron chi connectivity index (χ0n) is 14.3. The van der Waals surface area contributed by atoms with E-state index in [0.29, 0.717) is 5.65 Å². The Hall–Kier alpha value is -3.88. The Labute approximate surface area is 152 Å². The molecule has 0 fully saturated rings. The van der Waals surface area contributed by atoms with Gasteiger partial charge >= 0.3 is 0 Å². The van der Waals surface area contributed by atoms with E-state index in [-0.39, 0.29) is 23.3 Å². The summed E-state index contributed by atoms with van der Waals surface area (Å²) >= 11 is 0. The maximum Gasteiger partial charge on any atom is 0.283 e. The van der Waals surface area contributed by atoms with E-state index in [9.17, 15) is 14.9 Å². The molecule has 0 saturated carbocycles. The molecule has 0 atom stereocenters. The summed E-state index contributed by atoms with van der Waals surface area (Å²) in [5, 5.41) is 18.8. The van der Waals surface area contributed by atoms with Crippen molar-refractivity contribution in [3.63, 3.8) is 0 Å². The molecule has 4 rings (SSSR count). The predicted octanol–water partition coefficient (Wildman–Crippen LogP) is 2.24. The predicted molar refractivity (Wildman–Crippen MR) is 97.9 cm³/mol. The highest BCUT2D eigenvalue weighted by Crippen LogP contribution is 2.15. The number of benzene rings is 2. The maximum atomic E-state index is 12.7. The van der Waals surface area contributed by atoms with Crippen molar-refractivity contribution in [2.24, 2.45) is 0 Å². The van der Waals surface area contributed by atoms with Gasteiger partial charge in [-0.15, -0.1) is 5.10 Å². The van der Waals surface area contributed by atoms with Crippen LogP contribution in [0.1, 0.15) is 11.1 Å². The average Bonchev–Trinajstić information content (AvgIpc) is 3.09. The van der Waals surface area contributed by atoms with Crippen LogP contribution in [0.2, 0.25) is 0 Å². The van der Waals surface area contributed by atoms with Gasteiger partial charge in [0.25, 0.3) is 11.2 Å². The summed E-state index contributed by atoms with van der Waals surface area (Å²) in [7, 11) is 0. The zero-order chi connectivity index (χ0) is 19.0. The molecule has 134 valence electrons. The topological polar surface area (TPSA) is 109 Å². The first-order valence-corrected chi connectivity index (χ1v) is 8.14. The second-order valence-electron chi connectivity index (χ2n) is 6.11. The lowest BCUT2D eigenvalue weighted by molar-refractivity contribution is -0.384. The fraction of sp³-hybridized carbons (Fsp3) is 0.111. The van der Waals surface area contributed by atoms with Crippen LogP contribution in [0.3, 0.4) is 0 Å². The molecular weight excluding hydrogens is 348 g/mol. The number of nitro groups is 1. The molecule has 4 aromatic rings. The Balaban J connectivity index is 1.71. The molecule has 9 nitrogen and oxygen atoms in total. The Morgan fingerprint density at radius 1 is 1.15 bits per heavy atom. The van der Waals surface area contributed by atoms with Gasteiger partial charge in [-0.25, -0.2) is 4.98 Å². The molecular formula is C18H14N6O3. The minimum atomic E-state index is -0.465. The first-order chi connectivity index (χ1) is 13.0. The number of hydrogen-bond acceptors (Lipinski definition) is 6. The first kappa shape index (κ1) is 16.6. The summed E-state index contributed by atoms with van der Waals surface area (Å²) in [4.78, 5) is 27.3. The molecule has 0 radical (unpaired) electrons. The summed E-state index contributed by atoms with van der Waals surface area (Å²) in [5.74, 6) is 0. The molecule has 2 aromatic heterocycles. The third-order valence-electron chi connectivity index (χ3n) is 4.18. The van der Waals surface area contributed by atoms with Crippen LogP contribution in [0.4, 0.5) is 5.69 Å². The highest BCUT2D eigenvalue weighted by atomic mass is 16.6. The van der Waals surface area contributed by atoms with E-state index >= 15 is 0 Å². The zero-order valence-corrected chi connectivity index (χ0v) is 14.3. The fourth-order valence-corrected chi connectivity index (χ4v) is 2.81. The molecule has 2 aromatic carbocycles. The molecule has 0 aliphatic carbocycles. The highest BCUT2D eigenvalue weighted by Gasteiger charge is 2.14. The van der Waals surface area contributed by atoms with E-state index in [1.54, 1.807) is 12.1 Å². The molecule has 0 saturated heterocycles. The van der Waals surface area contributed by atoms with E-state index in [1.807, 2.05) is 31.2 Å². The van der Waals surface area contributed by atoms with Crippen molar-refractivity contribution in [2.45, 2.75) is 13.5 Å². The van der Waals surface area contributed by atoms with Gasteiger partial charge in [-0.1, -0.05) is 29.5 Å². The van der Waals surface area contributed by atoms with Crippen molar-refractivity contribution in [3.05, 3.63) is 86.5 Å². The summed E-state index contributed by atoms with van der Waals surface area (Å²) in [6.07, 6.45) is 1.43. The van der Waals surface area contributed by atoms with Crippen LogP contribution >= 0.6 is 0 Å². The number of nitro benzene ring substituents is 1. The first-order valence-electron chi connectivity index (χ1n) is 8.14. The maximum absolute atomic E-state index is 12.7. The van der Waals surface area contributed by atoms with Crippen molar-refractivity contribution in [3.8, 4) is 5.69 Å². The van der Waals surface area contributed by atoms with E-state index < -0.39 is 4.92 Å². The van der Waals surface area contributed by atoms with Crippen molar-refractivity contribution < 1.29 is 4.92 Å². The average molecular weight is 362 g/mol. The molecule has 0 unspecified atom stereocenters.